The van der Waals surface area contributed by atoms with Crippen LogP contribution in [0.3, 0.4) is 0 Å². The largest absolute Gasteiger partial charge is 0.497 e. The summed E-state index contributed by atoms with van der Waals surface area (Å²) in [5.74, 6) is 2.10. The maximum Gasteiger partial charge on any atom is 0.160 e. The van der Waals surface area contributed by atoms with Crippen LogP contribution in [0.4, 0.5) is 0 Å². The number of fused-ring (bicyclic) bond motifs is 1. The van der Waals surface area contributed by atoms with Crippen LogP contribution in [0.25, 0.3) is 0 Å². The Kier molecular flexibility index (Phi) is 2.52. The number of amidine groups is 1. The first-order chi connectivity index (χ1) is 7.86. The second-order valence-electron chi connectivity index (χ2n) is 4.00. The van der Waals surface area contributed by atoms with Crippen LogP contribution in [0.2, 0.25) is 0 Å². The minimum absolute atomic E-state index is 0.314. The van der Waals surface area contributed by atoms with E-state index in [9.17, 15) is 0 Å². The van der Waals surface area contributed by atoms with Gasteiger partial charge in [0.05, 0.1) is 13.2 Å². The SMILES string of the molecule is COc1ccc(C2CN3CCSC3=N2)cc1. The lowest BCUT2D eigenvalue weighted by atomic mass is 10.1. The van der Waals surface area contributed by atoms with Gasteiger partial charge in [-0.25, -0.2) is 0 Å². The molecule has 0 amide bonds. The summed E-state index contributed by atoms with van der Waals surface area (Å²) in [5.41, 5.74) is 1.28. The Morgan fingerprint density at radius 2 is 2.19 bits per heavy atom. The molecule has 1 unspecified atom stereocenters. The van der Waals surface area contributed by atoms with E-state index >= 15 is 0 Å². The Bertz CT molecular complexity index is 416. The predicted molar refractivity (Wildman–Crippen MR) is 67.2 cm³/mol. The van der Waals surface area contributed by atoms with E-state index in [1.54, 1.807) is 7.11 Å². The fourth-order valence-electron chi connectivity index (χ4n) is 2.11. The van der Waals surface area contributed by atoms with Gasteiger partial charge in [-0.1, -0.05) is 23.9 Å². The lowest BCUT2D eigenvalue weighted by molar-refractivity contribution is 0.414. The summed E-state index contributed by atoms with van der Waals surface area (Å²) >= 11 is 1.87. The van der Waals surface area contributed by atoms with Gasteiger partial charge >= 0.3 is 0 Å². The van der Waals surface area contributed by atoms with Gasteiger partial charge in [0.25, 0.3) is 0 Å². The maximum atomic E-state index is 5.16. The van der Waals surface area contributed by atoms with E-state index in [-0.39, 0.29) is 0 Å². The molecular weight excluding hydrogens is 220 g/mol. The number of benzene rings is 1. The van der Waals surface area contributed by atoms with E-state index in [2.05, 4.69) is 17.0 Å². The van der Waals surface area contributed by atoms with Gasteiger partial charge < -0.3 is 9.64 Å². The molecule has 1 atom stereocenters. The molecule has 0 bridgehead atoms. The summed E-state index contributed by atoms with van der Waals surface area (Å²) in [5, 5.41) is 1.22. The third-order valence-corrected chi connectivity index (χ3v) is 4.03. The van der Waals surface area contributed by atoms with Gasteiger partial charge in [0.1, 0.15) is 5.75 Å². The molecule has 1 aromatic carbocycles. The van der Waals surface area contributed by atoms with Crippen molar-refractivity contribution in [1.82, 2.24) is 4.90 Å². The van der Waals surface area contributed by atoms with Crippen molar-refractivity contribution in [2.75, 3.05) is 26.0 Å². The highest BCUT2D eigenvalue weighted by molar-refractivity contribution is 8.14. The molecule has 16 heavy (non-hydrogen) atoms. The zero-order valence-electron chi connectivity index (χ0n) is 9.22. The number of nitrogens with zero attached hydrogens (tertiary/aromatic N) is 2. The molecule has 3 rings (SSSR count). The average molecular weight is 234 g/mol. The summed E-state index contributed by atoms with van der Waals surface area (Å²) < 4.78 is 5.16. The highest BCUT2D eigenvalue weighted by atomic mass is 32.2. The standard InChI is InChI=1S/C12H14N2OS/c1-15-10-4-2-9(3-5-10)11-8-14-6-7-16-12(14)13-11/h2-5,11H,6-8H2,1H3. The van der Waals surface area contributed by atoms with Crippen molar-refractivity contribution in [2.24, 2.45) is 4.99 Å². The number of thioether (sulfide) groups is 1. The Labute approximate surface area is 99.5 Å². The quantitative estimate of drug-likeness (QED) is 0.784. The normalized spacial score (nSPS) is 23.2. The van der Waals surface area contributed by atoms with E-state index in [0.717, 1.165) is 18.8 Å². The molecule has 84 valence electrons. The highest BCUT2D eigenvalue weighted by Gasteiger charge is 2.29. The number of rotatable bonds is 2. The number of hydrogen-bond acceptors (Lipinski definition) is 4. The molecule has 0 aromatic heterocycles. The second kappa shape index (κ2) is 4.01. The average Bonchev–Trinajstić information content (AvgIpc) is 2.89. The van der Waals surface area contributed by atoms with Gasteiger partial charge in [-0.2, -0.15) is 0 Å². The van der Waals surface area contributed by atoms with Crippen LogP contribution in [0, 0.1) is 0 Å². The van der Waals surface area contributed by atoms with E-state index in [1.807, 2.05) is 23.9 Å². The fourth-order valence-corrected chi connectivity index (χ4v) is 3.16. The minimum atomic E-state index is 0.314. The van der Waals surface area contributed by atoms with Crippen LogP contribution in [0.1, 0.15) is 11.6 Å². The summed E-state index contributed by atoms with van der Waals surface area (Å²) in [7, 11) is 1.69. The lowest BCUT2D eigenvalue weighted by Gasteiger charge is -2.12. The number of ether oxygens (including phenoxy) is 1. The van der Waals surface area contributed by atoms with E-state index in [1.165, 1.54) is 16.5 Å². The molecule has 0 aliphatic carbocycles. The van der Waals surface area contributed by atoms with Crippen molar-refractivity contribution in [1.29, 1.82) is 0 Å². The first kappa shape index (κ1) is 10.0. The maximum absolute atomic E-state index is 5.16. The Morgan fingerprint density at radius 3 is 2.88 bits per heavy atom. The van der Waals surface area contributed by atoms with Crippen molar-refractivity contribution in [3.8, 4) is 5.75 Å². The van der Waals surface area contributed by atoms with Crippen LogP contribution < -0.4 is 4.74 Å². The van der Waals surface area contributed by atoms with Crippen LogP contribution >= 0.6 is 11.8 Å². The first-order valence-corrected chi connectivity index (χ1v) is 6.45. The molecule has 0 spiro atoms. The fraction of sp³-hybridized carbons (Fsp3) is 0.417. The van der Waals surface area contributed by atoms with Gasteiger partial charge in [0.2, 0.25) is 0 Å². The summed E-state index contributed by atoms with van der Waals surface area (Å²) in [6.45, 7) is 2.19. The third kappa shape index (κ3) is 1.67. The predicted octanol–water partition coefficient (Wildman–Crippen LogP) is 2.15. The molecule has 0 N–H and O–H groups in total. The Morgan fingerprint density at radius 1 is 1.38 bits per heavy atom. The molecule has 0 saturated carbocycles. The molecule has 0 radical (unpaired) electrons. The number of methoxy groups -OCH3 is 1. The molecule has 2 aliphatic rings. The molecule has 1 aromatic rings. The first-order valence-electron chi connectivity index (χ1n) is 5.46. The molecule has 2 heterocycles. The monoisotopic (exact) mass is 234 g/mol. The lowest BCUT2D eigenvalue weighted by Crippen LogP contribution is -2.21. The molecule has 1 fully saturated rings. The van der Waals surface area contributed by atoms with Crippen molar-refractivity contribution in [3.05, 3.63) is 29.8 Å². The van der Waals surface area contributed by atoms with Crippen molar-refractivity contribution in [2.45, 2.75) is 6.04 Å². The number of aliphatic imine (C=N–C) groups is 1. The summed E-state index contributed by atoms with van der Waals surface area (Å²) in [6, 6.07) is 8.55. The third-order valence-electron chi connectivity index (χ3n) is 3.02. The van der Waals surface area contributed by atoms with E-state index in [0.29, 0.717) is 6.04 Å². The van der Waals surface area contributed by atoms with Gasteiger partial charge in [-0.15, -0.1) is 0 Å². The zero-order chi connectivity index (χ0) is 11.0. The van der Waals surface area contributed by atoms with E-state index in [4.69, 9.17) is 9.73 Å². The molecular formula is C12H14N2OS. The zero-order valence-corrected chi connectivity index (χ0v) is 10.0. The van der Waals surface area contributed by atoms with Crippen LogP contribution in [0.5, 0.6) is 5.75 Å². The summed E-state index contributed by atoms with van der Waals surface area (Å²) in [6.07, 6.45) is 0. The second-order valence-corrected chi connectivity index (χ2v) is 5.06. The van der Waals surface area contributed by atoms with Crippen LogP contribution in [-0.2, 0) is 0 Å². The molecule has 1 saturated heterocycles. The highest BCUT2D eigenvalue weighted by Crippen LogP contribution is 2.32. The smallest absolute Gasteiger partial charge is 0.160 e. The Hall–Kier alpha value is -1.16. The van der Waals surface area contributed by atoms with Crippen LogP contribution in [0.15, 0.2) is 29.3 Å². The van der Waals surface area contributed by atoms with Gasteiger partial charge in [-0.3, -0.25) is 4.99 Å². The van der Waals surface area contributed by atoms with Crippen molar-refractivity contribution < 1.29 is 4.74 Å². The van der Waals surface area contributed by atoms with Gasteiger partial charge in [0, 0.05) is 18.8 Å². The molecule has 3 nitrogen and oxygen atoms in total. The molecule has 4 heteroatoms. The topological polar surface area (TPSA) is 24.8 Å². The van der Waals surface area contributed by atoms with Gasteiger partial charge in [-0.05, 0) is 17.7 Å². The van der Waals surface area contributed by atoms with Gasteiger partial charge in [0.15, 0.2) is 5.17 Å². The van der Waals surface area contributed by atoms with Crippen molar-refractivity contribution in [3.63, 3.8) is 0 Å². The minimum Gasteiger partial charge on any atom is -0.497 e. The van der Waals surface area contributed by atoms with Crippen molar-refractivity contribution >= 4 is 16.9 Å². The van der Waals surface area contributed by atoms with Crippen LogP contribution in [-0.4, -0.2) is 36.0 Å². The molecule has 2 aliphatic heterocycles. The summed E-state index contributed by atoms with van der Waals surface area (Å²) in [4.78, 5) is 7.12. The van der Waals surface area contributed by atoms with E-state index < -0.39 is 0 Å². The number of hydrogen-bond donors (Lipinski definition) is 0. The Balaban J connectivity index is 1.80.